The monoisotopic (exact) mass is 305 g/mol. The van der Waals surface area contributed by atoms with Crippen molar-refractivity contribution < 1.29 is 9.18 Å². The molecule has 2 aliphatic heterocycles. The van der Waals surface area contributed by atoms with Crippen LogP contribution in [-0.2, 0) is 4.79 Å². The summed E-state index contributed by atoms with van der Waals surface area (Å²) in [6.07, 6.45) is 2.16. The van der Waals surface area contributed by atoms with Crippen molar-refractivity contribution in [2.75, 3.05) is 44.2 Å². The molecule has 0 N–H and O–H groups in total. The highest BCUT2D eigenvalue weighted by Gasteiger charge is 2.28. The highest BCUT2D eigenvalue weighted by atomic mass is 19.1. The number of piperazine rings is 1. The number of carbonyl (C=O) groups is 1. The maximum absolute atomic E-state index is 13.0. The summed E-state index contributed by atoms with van der Waals surface area (Å²) in [5.41, 5.74) is 1.10. The Bertz CT molecular complexity index is 503. The lowest BCUT2D eigenvalue weighted by Crippen LogP contribution is -2.53. The summed E-state index contributed by atoms with van der Waals surface area (Å²) in [7, 11) is 0. The lowest BCUT2D eigenvalue weighted by Gasteiger charge is -2.43. The molecule has 1 aromatic rings. The van der Waals surface area contributed by atoms with Crippen LogP contribution in [0, 0.1) is 5.82 Å². The lowest BCUT2D eigenvalue weighted by molar-refractivity contribution is -0.130. The smallest absolute Gasteiger partial charge is 0.219 e. The predicted octanol–water partition coefficient (Wildman–Crippen LogP) is 1.96. The summed E-state index contributed by atoms with van der Waals surface area (Å²) in [5.74, 6) is 0.0131. The third-order valence-corrected chi connectivity index (χ3v) is 4.93. The van der Waals surface area contributed by atoms with Crippen molar-refractivity contribution in [2.45, 2.75) is 25.8 Å². The molecule has 22 heavy (non-hydrogen) atoms. The molecule has 0 saturated carbocycles. The summed E-state index contributed by atoms with van der Waals surface area (Å²) < 4.78 is 13.0. The number of nitrogens with zero attached hydrogens (tertiary/aromatic N) is 3. The van der Waals surface area contributed by atoms with E-state index in [1.807, 2.05) is 17.0 Å². The standard InChI is InChI=1S/C17H24FN3O/c1-14(22)19-8-6-17(7-9-19)21-12-10-20(11-13-21)16-4-2-15(18)3-5-16/h2-5,17H,6-13H2,1H3. The van der Waals surface area contributed by atoms with E-state index < -0.39 is 0 Å². The predicted molar refractivity (Wildman–Crippen MR) is 85.5 cm³/mol. The van der Waals surface area contributed by atoms with Gasteiger partial charge in [0.15, 0.2) is 0 Å². The van der Waals surface area contributed by atoms with Gasteiger partial charge in [0, 0.05) is 57.9 Å². The first kappa shape index (κ1) is 15.3. The van der Waals surface area contributed by atoms with E-state index >= 15 is 0 Å². The maximum atomic E-state index is 13.0. The number of carbonyl (C=O) groups excluding carboxylic acids is 1. The Morgan fingerprint density at radius 2 is 1.59 bits per heavy atom. The Labute approximate surface area is 131 Å². The van der Waals surface area contributed by atoms with E-state index in [0.29, 0.717) is 6.04 Å². The molecule has 0 atom stereocenters. The van der Waals surface area contributed by atoms with Crippen molar-refractivity contribution in [1.29, 1.82) is 0 Å². The van der Waals surface area contributed by atoms with Crippen LogP contribution in [0.4, 0.5) is 10.1 Å². The van der Waals surface area contributed by atoms with Gasteiger partial charge >= 0.3 is 0 Å². The Morgan fingerprint density at radius 3 is 2.14 bits per heavy atom. The van der Waals surface area contributed by atoms with Crippen molar-refractivity contribution in [3.63, 3.8) is 0 Å². The number of rotatable bonds is 2. The highest BCUT2D eigenvalue weighted by Crippen LogP contribution is 2.21. The molecular formula is C17H24FN3O. The number of halogens is 1. The van der Waals surface area contributed by atoms with Crippen LogP contribution >= 0.6 is 0 Å². The average Bonchev–Trinajstić information content (AvgIpc) is 2.56. The van der Waals surface area contributed by atoms with E-state index in [1.165, 1.54) is 12.1 Å². The molecule has 2 heterocycles. The van der Waals surface area contributed by atoms with Gasteiger partial charge < -0.3 is 9.80 Å². The first-order chi connectivity index (χ1) is 10.6. The van der Waals surface area contributed by atoms with Crippen LogP contribution in [0.3, 0.4) is 0 Å². The fourth-order valence-electron chi connectivity index (χ4n) is 3.54. The Kier molecular flexibility index (Phi) is 4.62. The second-order valence-electron chi connectivity index (χ2n) is 6.24. The number of anilines is 1. The third kappa shape index (κ3) is 3.40. The molecule has 5 heteroatoms. The van der Waals surface area contributed by atoms with Gasteiger partial charge in [-0.25, -0.2) is 4.39 Å². The van der Waals surface area contributed by atoms with Gasteiger partial charge in [-0.3, -0.25) is 9.69 Å². The van der Waals surface area contributed by atoms with Crippen LogP contribution < -0.4 is 4.90 Å². The molecule has 0 bridgehead atoms. The number of likely N-dealkylation sites (tertiary alicyclic amines) is 1. The minimum absolute atomic E-state index is 0.181. The molecule has 2 aliphatic rings. The van der Waals surface area contributed by atoms with Crippen LogP contribution in [0.25, 0.3) is 0 Å². The second kappa shape index (κ2) is 6.65. The first-order valence-corrected chi connectivity index (χ1v) is 8.13. The molecule has 1 amide bonds. The summed E-state index contributed by atoms with van der Waals surface area (Å²) in [6, 6.07) is 7.37. The van der Waals surface area contributed by atoms with Gasteiger partial charge in [-0.1, -0.05) is 0 Å². The molecule has 2 saturated heterocycles. The van der Waals surface area contributed by atoms with Gasteiger partial charge in [0.1, 0.15) is 5.82 Å². The largest absolute Gasteiger partial charge is 0.369 e. The molecule has 0 aliphatic carbocycles. The quantitative estimate of drug-likeness (QED) is 0.836. The summed E-state index contributed by atoms with van der Waals surface area (Å²) in [5, 5.41) is 0. The molecule has 0 aromatic heterocycles. The number of hydrogen-bond acceptors (Lipinski definition) is 3. The molecule has 4 nitrogen and oxygen atoms in total. The summed E-state index contributed by atoms with van der Waals surface area (Å²) in [6.45, 7) is 7.49. The molecule has 3 rings (SSSR count). The van der Waals surface area contributed by atoms with Gasteiger partial charge in [0.25, 0.3) is 0 Å². The van der Waals surface area contributed by atoms with E-state index in [2.05, 4.69) is 9.80 Å². The van der Waals surface area contributed by atoms with Crippen molar-refractivity contribution in [2.24, 2.45) is 0 Å². The average molecular weight is 305 g/mol. The van der Waals surface area contributed by atoms with Gasteiger partial charge in [-0.2, -0.15) is 0 Å². The van der Waals surface area contributed by atoms with Crippen molar-refractivity contribution in [1.82, 2.24) is 9.80 Å². The van der Waals surface area contributed by atoms with Crippen molar-refractivity contribution in [3.05, 3.63) is 30.1 Å². The van der Waals surface area contributed by atoms with Crippen molar-refractivity contribution in [3.8, 4) is 0 Å². The molecule has 0 radical (unpaired) electrons. The van der Waals surface area contributed by atoms with Crippen LogP contribution in [0.5, 0.6) is 0 Å². The number of piperidine rings is 1. The van der Waals surface area contributed by atoms with Crippen molar-refractivity contribution >= 4 is 11.6 Å². The molecule has 120 valence electrons. The fourth-order valence-corrected chi connectivity index (χ4v) is 3.54. The SMILES string of the molecule is CC(=O)N1CCC(N2CCN(c3ccc(F)cc3)CC2)CC1. The van der Waals surface area contributed by atoms with E-state index in [4.69, 9.17) is 0 Å². The second-order valence-corrected chi connectivity index (χ2v) is 6.24. The molecule has 0 spiro atoms. The summed E-state index contributed by atoms with van der Waals surface area (Å²) >= 11 is 0. The normalized spacial score (nSPS) is 21.2. The number of amides is 1. The first-order valence-electron chi connectivity index (χ1n) is 8.13. The van der Waals surface area contributed by atoms with E-state index in [9.17, 15) is 9.18 Å². The van der Waals surface area contributed by atoms with E-state index in [1.54, 1.807) is 6.92 Å². The van der Waals surface area contributed by atoms with Crippen LogP contribution in [0.1, 0.15) is 19.8 Å². The summed E-state index contributed by atoms with van der Waals surface area (Å²) in [4.78, 5) is 18.2. The van der Waals surface area contributed by atoms with Gasteiger partial charge in [0.05, 0.1) is 0 Å². The number of hydrogen-bond donors (Lipinski definition) is 0. The molecule has 2 fully saturated rings. The minimum Gasteiger partial charge on any atom is -0.369 e. The molecule has 0 unspecified atom stereocenters. The van der Waals surface area contributed by atoms with Crippen LogP contribution in [0.15, 0.2) is 24.3 Å². The Morgan fingerprint density at radius 1 is 1.00 bits per heavy atom. The maximum Gasteiger partial charge on any atom is 0.219 e. The topological polar surface area (TPSA) is 26.8 Å². The number of benzene rings is 1. The molecule has 1 aromatic carbocycles. The van der Waals surface area contributed by atoms with Gasteiger partial charge in [0.2, 0.25) is 5.91 Å². The molecular weight excluding hydrogens is 281 g/mol. The highest BCUT2D eigenvalue weighted by molar-refractivity contribution is 5.73. The van der Waals surface area contributed by atoms with Gasteiger partial charge in [-0.05, 0) is 37.1 Å². The zero-order chi connectivity index (χ0) is 15.5. The third-order valence-electron chi connectivity index (χ3n) is 4.93. The zero-order valence-electron chi connectivity index (χ0n) is 13.2. The zero-order valence-corrected chi connectivity index (χ0v) is 13.2. The lowest BCUT2D eigenvalue weighted by atomic mass is 10.0. The van der Waals surface area contributed by atoms with Gasteiger partial charge in [-0.15, -0.1) is 0 Å². The van der Waals surface area contributed by atoms with E-state index in [0.717, 1.165) is 57.8 Å². The van der Waals surface area contributed by atoms with E-state index in [-0.39, 0.29) is 11.7 Å². The Balaban J connectivity index is 1.50. The minimum atomic E-state index is -0.181. The fraction of sp³-hybridized carbons (Fsp3) is 0.588. The van der Waals surface area contributed by atoms with Crippen LogP contribution in [-0.4, -0.2) is 61.0 Å². The Hall–Kier alpha value is -1.62. The van der Waals surface area contributed by atoms with Crippen LogP contribution in [0.2, 0.25) is 0 Å².